The van der Waals surface area contributed by atoms with Crippen molar-refractivity contribution in [2.24, 2.45) is 0 Å². The second-order valence-electron chi connectivity index (χ2n) is 7.68. The molecule has 2 aliphatic heterocycles. The SMILES string of the molecule is O=C1CN(C2CCN(Cc3cn4ccccc4n3)CC2)C(=O)N1c1ccccc1. The smallest absolute Gasteiger partial charge is 0.312 e. The number of aromatic nitrogens is 2. The molecule has 29 heavy (non-hydrogen) atoms. The maximum atomic E-state index is 12.9. The van der Waals surface area contributed by atoms with Crippen LogP contribution in [0.3, 0.4) is 0 Å². The second kappa shape index (κ2) is 7.33. The van der Waals surface area contributed by atoms with E-state index in [0.29, 0.717) is 5.69 Å². The van der Waals surface area contributed by atoms with Gasteiger partial charge in [-0.2, -0.15) is 0 Å². The highest BCUT2D eigenvalue weighted by atomic mass is 16.2. The number of likely N-dealkylation sites (tertiary alicyclic amines) is 1. The molecule has 2 aliphatic rings. The summed E-state index contributed by atoms with van der Waals surface area (Å²) >= 11 is 0. The molecule has 1 aromatic carbocycles. The molecule has 0 unspecified atom stereocenters. The highest BCUT2D eigenvalue weighted by Gasteiger charge is 2.41. The van der Waals surface area contributed by atoms with Crippen LogP contribution >= 0.6 is 0 Å². The molecule has 2 fully saturated rings. The molecule has 0 radical (unpaired) electrons. The Morgan fingerprint density at radius 3 is 2.48 bits per heavy atom. The first-order valence-electron chi connectivity index (χ1n) is 10.0. The number of rotatable bonds is 4. The molecule has 0 aliphatic carbocycles. The number of carbonyl (C=O) groups is 2. The maximum absolute atomic E-state index is 12.9. The van der Waals surface area contributed by atoms with Gasteiger partial charge in [0, 0.05) is 38.1 Å². The molecule has 7 heteroatoms. The van der Waals surface area contributed by atoms with Crippen LogP contribution in [0.5, 0.6) is 0 Å². The van der Waals surface area contributed by atoms with Gasteiger partial charge in [0.25, 0.3) is 5.91 Å². The Morgan fingerprint density at radius 2 is 1.72 bits per heavy atom. The van der Waals surface area contributed by atoms with E-state index in [9.17, 15) is 9.59 Å². The quantitative estimate of drug-likeness (QED) is 0.644. The molecule has 0 atom stereocenters. The maximum Gasteiger partial charge on any atom is 0.332 e. The highest BCUT2D eigenvalue weighted by Crippen LogP contribution is 2.26. The Balaban J connectivity index is 1.21. The molecule has 0 N–H and O–H groups in total. The van der Waals surface area contributed by atoms with Gasteiger partial charge in [-0.05, 0) is 37.1 Å². The van der Waals surface area contributed by atoms with Crippen LogP contribution < -0.4 is 4.90 Å². The van der Waals surface area contributed by atoms with Crippen LogP contribution in [0, 0.1) is 0 Å². The van der Waals surface area contributed by atoms with Crippen LogP contribution in [0.4, 0.5) is 10.5 Å². The molecular formula is C22H23N5O2. The van der Waals surface area contributed by atoms with Crippen LogP contribution in [0.15, 0.2) is 60.9 Å². The number of amides is 3. The van der Waals surface area contributed by atoms with E-state index in [-0.39, 0.29) is 24.5 Å². The van der Waals surface area contributed by atoms with Crippen molar-refractivity contribution in [3.63, 3.8) is 0 Å². The molecule has 148 valence electrons. The van der Waals surface area contributed by atoms with Gasteiger partial charge < -0.3 is 9.30 Å². The number of anilines is 1. The van der Waals surface area contributed by atoms with Crippen LogP contribution in [0.2, 0.25) is 0 Å². The van der Waals surface area contributed by atoms with Gasteiger partial charge in [-0.15, -0.1) is 0 Å². The number of fused-ring (bicyclic) bond motifs is 1. The van der Waals surface area contributed by atoms with E-state index in [1.165, 1.54) is 4.90 Å². The molecule has 0 bridgehead atoms. The number of hydrogen-bond donors (Lipinski definition) is 0. The standard InChI is InChI=1S/C22H23N5O2/c28-21-16-26(22(29)27(21)19-6-2-1-3-7-19)18-9-12-24(13-10-18)14-17-15-25-11-5-4-8-20(25)23-17/h1-8,11,15,18H,9-10,12-14,16H2. The lowest BCUT2D eigenvalue weighted by Gasteiger charge is -2.35. The van der Waals surface area contributed by atoms with Crippen molar-refractivity contribution in [2.75, 3.05) is 24.5 Å². The Hall–Kier alpha value is -3.19. The van der Waals surface area contributed by atoms with Crippen LogP contribution in [0.1, 0.15) is 18.5 Å². The van der Waals surface area contributed by atoms with Gasteiger partial charge in [-0.1, -0.05) is 24.3 Å². The van der Waals surface area contributed by atoms with Gasteiger partial charge in [0.1, 0.15) is 12.2 Å². The largest absolute Gasteiger partial charge is 0.332 e. The van der Waals surface area contributed by atoms with Crippen molar-refractivity contribution >= 4 is 23.3 Å². The number of imidazole rings is 1. The first-order chi connectivity index (χ1) is 14.2. The van der Waals surface area contributed by atoms with Crippen molar-refractivity contribution in [3.05, 3.63) is 66.6 Å². The fourth-order valence-corrected chi connectivity index (χ4v) is 4.32. The third kappa shape index (κ3) is 3.38. The van der Waals surface area contributed by atoms with Crippen LogP contribution in [0.25, 0.3) is 5.65 Å². The van der Waals surface area contributed by atoms with Crippen LogP contribution in [-0.2, 0) is 11.3 Å². The summed E-state index contributed by atoms with van der Waals surface area (Å²) in [6.45, 7) is 2.76. The van der Waals surface area contributed by atoms with E-state index in [1.807, 2.05) is 47.0 Å². The topological polar surface area (TPSA) is 61.2 Å². The van der Waals surface area contributed by atoms with E-state index in [1.54, 1.807) is 17.0 Å². The molecule has 7 nitrogen and oxygen atoms in total. The van der Waals surface area contributed by atoms with Gasteiger partial charge >= 0.3 is 6.03 Å². The second-order valence-corrected chi connectivity index (χ2v) is 7.68. The number of pyridine rings is 1. The zero-order valence-electron chi connectivity index (χ0n) is 16.1. The monoisotopic (exact) mass is 389 g/mol. The van der Waals surface area contributed by atoms with E-state index in [4.69, 9.17) is 0 Å². The Kier molecular flexibility index (Phi) is 4.52. The van der Waals surface area contributed by atoms with Crippen molar-refractivity contribution < 1.29 is 9.59 Å². The summed E-state index contributed by atoms with van der Waals surface area (Å²) < 4.78 is 2.04. The summed E-state index contributed by atoms with van der Waals surface area (Å²) in [4.78, 5) is 35.5. The van der Waals surface area contributed by atoms with E-state index >= 15 is 0 Å². The van der Waals surface area contributed by atoms with Crippen molar-refractivity contribution in [1.29, 1.82) is 0 Å². The third-order valence-corrected chi connectivity index (χ3v) is 5.80. The zero-order chi connectivity index (χ0) is 19.8. The number of urea groups is 1. The first kappa shape index (κ1) is 17.9. The molecule has 3 amide bonds. The van der Waals surface area contributed by atoms with Gasteiger partial charge in [0.15, 0.2) is 0 Å². The third-order valence-electron chi connectivity index (χ3n) is 5.80. The summed E-state index contributed by atoms with van der Waals surface area (Å²) in [5.41, 5.74) is 2.66. The van der Waals surface area contributed by atoms with Gasteiger partial charge in [-0.3, -0.25) is 9.69 Å². The first-order valence-corrected chi connectivity index (χ1v) is 10.0. The summed E-state index contributed by atoms with van der Waals surface area (Å²) in [6, 6.07) is 15.1. The molecule has 3 aromatic rings. The number of para-hydroxylation sites is 1. The van der Waals surface area contributed by atoms with Gasteiger partial charge in [0.05, 0.1) is 11.4 Å². The lowest BCUT2D eigenvalue weighted by atomic mass is 10.0. The number of imide groups is 1. The lowest BCUT2D eigenvalue weighted by Crippen LogP contribution is -2.46. The number of carbonyl (C=O) groups excluding carboxylic acids is 2. The van der Waals surface area contributed by atoms with Crippen molar-refractivity contribution in [1.82, 2.24) is 19.2 Å². The van der Waals surface area contributed by atoms with Crippen molar-refractivity contribution in [3.8, 4) is 0 Å². The van der Waals surface area contributed by atoms with E-state index in [0.717, 1.165) is 43.8 Å². The van der Waals surface area contributed by atoms with Gasteiger partial charge in [-0.25, -0.2) is 14.7 Å². The fraction of sp³-hybridized carbons (Fsp3) is 0.318. The van der Waals surface area contributed by atoms with Crippen LogP contribution in [-0.4, -0.2) is 56.8 Å². The molecule has 0 spiro atoms. The Labute approximate surface area is 169 Å². The average molecular weight is 389 g/mol. The summed E-state index contributed by atoms with van der Waals surface area (Å²) in [5.74, 6) is -0.145. The van der Waals surface area contributed by atoms with E-state index in [2.05, 4.69) is 16.1 Å². The Bertz CT molecular complexity index is 1010. The molecule has 5 rings (SSSR count). The lowest BCUT2D eigenvalue weighted by molar-refractivity contribution is -0.116. The summed E-state index contributed by atoms with van der Waals surface area (Å²) in [7, 11) is 0. The normalized spacial score (nSPS) is 18.9. The number of nitrogens with zero attached hydrogens (tertiary/aromatic N) is 5. The minimum Gasteiger partial charge on any atom is -0.312 e. The predicted octanol–water partition coefficient (Wildman–Crippen LogP) is 2.77. The fourth-order valence-electron chi connectivity index (χ4n) is 4.32. The summed E-state index contributed by atoms with van der Waals surface area (Å²) in [6.07, 6.45) is 5.82. The highest BCUT2D eigenvalue weighted by molar-refractivity contribution is 6.19. The zero-order valence-corrected chi connectivity index (χ0v) is 16.1. The van der Waals surface area contributed by atoms with Gasteiger partial charge in [0.2, 0.25) is 0 Å². The summed E-state index contributed by atoms with van der Waals surface area (Å²) in [5, 5.41) is 0. The molecule has 4 heterocycles. The molecule has 2 saturated heterocycles. The molecule has 0 saturated carbocycles. The number of benzene rings is 1. The number of hydrogen-bond acceptors (Lipinski definition) is 4. The molecular weight excluding hydrogens is 366 g/mol. The minimum absolute atomic E-state index is 0.109. The van der Waals surface area contributed by atoms with Crippen molar-refractivity contribution in [2.45, 2.75) is 25.4 Å². The van der Waals surface area contributed by atoms with E-state index < -0.39 is 0 Å². The minimum atomic E-state index is -0.194. The predicted molar refractivity (Wildman–Crippen MR) is 110 cm³/mol. The Morgan fingerprint density at radius 1 is 0.966 bits per heavy atom. The average Bonchev–Trinajstić information content (AvgIpc) is 3.29. The number of piperidine rings is 1. The molecule has 2 aromatic heterocycles.